The Morgan fingerprint density at radius 2 is 2.20 bits per heavy atom. The molecule has 2 aromatic carbocycles. The number of nitrogens with one attached hydrogen (secondary N) is 1. The van der Waals surface area contributed by atoms with Crippen LogP contribution in [0.15, 0.2) is 48.0 Å². The summed E-state index contributed by atoms with van der Waals surface area (Å²) in [5.74, 6) is 0.140. The van der Waals surface area contributed by atoms with E-state index >= 15 is 0 Å². The first kappa shape index (κ1) is 21.3. The van der Waals surface area contributed by atoms with Crippen LogP contribution in [0.25, 0.3) is 6.08 Å². The second-order valence-electron chi connectivity index (χ2n) is 6.84. The van der Waals surface area contributed by atoms with Crippen LogP contribution in [-0.2, 0) is 16.1 Å². The molecule has 1 N–H and O–H groups in total. The van der Waals surface area contributed by atoms with Crippen LogP contribution in [0.4, 0.5) is 4.39 Å². The van der Waals surface area contributed by atoms with Crippen LogP contribution in [0.2, 0.25) is 0 Å². The smallest absolute Gasteiger partial charge is 0.262 e. The fourth-order valence-electron chi connectivity index (χ4n) is 3.10. The average molecular weight is 410 g/mol. The van der Waals surface area contributed by atoms with E-state index in [0.717, 1.165) is 12.8 Å². The molecule has 0 unspecified atom stereocenters. The van der Waals surface area contributed by atoms with Crippen molar-refractivity contribution in [2.75, 3.05) is 20.3 Å². The quantitative estimate of drug-likeness (QED) is 0.531. The summed E-state index contributed by atoms with van der Waals surface area (Å²) < 4.78 is 29.9. The van der Waals surface area contributed by atoms with Gasteiger partial charge in [0.15, 0.2) is 11.5 Å². The van der Waals surface area contributed by atoms with Gasteiger partial charge in [0.25, 0.3) is 5.91 Å². The van der Waals surface area contributed by atoms with Crippen molar-refractivity contribution in [1.82, 2.24) is 5.32 Å². The molecule has 156 valence electrons. The van der Waals surface area contributed by atoms with E-state index < -0.39 is 5.91 Å². The molecular formula is C23H23FN2O4. The molecule has 0 radical (unpaired) electrons. The van der Waals surface area contributed by atoms with E-state index in [-0.39, 0.29) is 24.1 Å². The molecular weight excluding hydrogens is 387 g/mol. The van der Waals surface area contributed by atoms with E-state index in [1.165, 1.54) is 25.3 Å². The Bertz CT molecular complexity index is 962. The Hall–Kier alpha value is -3.37. The molecule has 6 nitrogen and oxygen atoms in total. The van der Waals surface area contributed by atoms with Gasteiger partial charge >= 0.3 is 0 Å². The molecule has 1 atom stereocenters. The van der Waals surface area contributed by atoms with Crippen LogP contribution >= 0.6 is 0 Å². The first-order valence-corrected chi connectivity index (χ1v) is 9.66. The molecule has 2 aromatic rings. The van der Waals surface area contributed by atoms with Crippen molar-refractivity contribution < 1.29 is 23.4 Å². The number of carbonyl (C=O) groups excluding carboxylic acids is 1. The van der Waals surface area contributed by atoms with E-state index in [2.05, 4.69) is 5.32 Å². The van der Waals surface area contributed by atoms with Gasteiger partial charge in [-0.15, -0.1) is 0 Å². The maximum Gasteiger partial charge on any atom is 0.262 e. The molecule has 0 aliphatic carbocycles. The summed E-state index contributed by atoms with van der Waals surface area (Å²) in [6, 6.07) is 13.2. The summed E-state index contributed by atoms with van der Waals surface area (Å²) in [5, 5.41) is 12.1. The molecule has 0 aromatic heterocycles. The van der Waals surface area contributed by atoms with Crippen LogP contribution in [0.3, 0.4) is 0 Å². The van der Waals surface area contributed by atoms with E-state index in [1.807, 2.05) is 6.07 Å². The maximum atomic E-state index is 13.3. The van der Waals surface area contributed by atoms with E-state index in [9.17, 15) is 14.4 Å². The fourth-order valence-corrected chi connectivity index (χ4v) is 3.10. The van der Waals surface area contributed by atoms with Crippen molar-refractivity contribution in [2.24, 2.45) is 0 Å². The van der Waals surface area contributed by atoms with Crippen molar-refractivity contribution in [3.8, 4) is 17.6 Å². The summed E-state index contributed by atoms with van der Waals surface area (Å²) in [5.41, 5.74) is 1.30. The third-order valence-electron chi connectivity index (χ3n) is 4.66. The number of ether oxygens (including phenoxy) is 3. The minimum absolute atomic E-state index is 0.00325. The van der Waals surface area contributed by atoms with Gasteiger partial charge in [0.1, 0.15) is 24.1 Å². The van der Waals surface area contributed by atoms with Crippen molar-refractivity contribution in [2.45, 2.75) is 25.6 Å². The van der Waals surface area contributed by atoms with Gasteiger partial charge in [0, 0.05) is 13.2 Å². The molecule has 1 fully saturated rings. The lowest BCUT2D eigenvalue weighted by Crippen LogP contribution is -2.32. The normalized spacial score (nSPS) is 16.0. The second-order valence-corrected chi connectivity index (χ2v) is 6.84. The Kier molecular flexibility index (Phi) is 7.41. The summed E-state index contributed by atoms with van der Waals surface area (Å²) in [7, 11) is 1.50. The first-order chi connectivity index (χ1) is 14.6. The Balaban J connectivity index is 1.67. The fraction of sp³-hybridized carbons (Fsp3) is 0.304. The number of methoxy groups -OCH3 is 1. The number of amides is 1. The van der Waals surface area contributed by atoms with Gasteiger partial charge in [0.05, 0.1) is 13.2 Å². The van der Waals surface area contributed by atoms with Gasteiger partial charge in [-0.25, -0.2) is 4.39 Å². The molecule has 0 spiro atoms. The van der Waals surface area contributed by atoms with Crippen LogP contribution in [0, 0.1) is 17.1 Å². The SMILES string of the molecule is COc1cc(/C=C(\C#N)C(=O)NC[C@H]2CCCO2)ccc1OCc1cccc(F)c1. The molecule has 1 aliphatic rings. The summed E-state index contributed by atoms with van der Waals surface area (Å²) >= 11 is 0. The number of benzene rings is 2. The molecule has 1 heterocycles. The Morgan fingerprint density at radius 3 is 2.90 bits per heavy atom. The zero-order valence-electron chi connectivity index (χ0n) is 16.7. The molecule has 30 heavy (non-hydrogen) atoms. The zero-order valence-corrected chi connectivity index (χ0v) is 16.7. The topological polar surface area (TPSA) is 80.6 Å². The van der Waals surface area contributed by atoms with Gasteiger partial charge in [-0.2, -0.15) is 5.26 Å². The van der Waals surface area contributed by atoms with Crippen LogP contribution in [0.1, 0.15) is 24.0 Å². The minimum atomic E-state index is -0.446. The second kappa shape index (κ2) is 10.4. The van der Waals surface area contributed by atoms with Crippen LogP contribution < -0.4 is 14.8 Å². The summed E-state index contributed by atoms with van der Waals surface area (Å²) in [6.07, 6.45) is 3.38. The van der Waals surface area contributed by atoms with Crippen LogP contribution in [0.5, 0.6) is 11.5 Å². The summed E-state index contributed by atoms with van der Waals surface area (Å²) in [6.45, 7) is 1.27. The number of rotatable bonds is 8. The predicted octanol–water partition coefficient (Wildman–Crippen LogP) is 3.62. The molecule has 7 heteroatoms. The molecule has 1 saturated heterocycles. The van der Waals surface area contributed by atoms with Crippen molar-refractivity contribution in [1.29, 1.82) is 5.26 Å². The standard InChI is InChI=1S/C23H23FN2O4/c1-28-22-12-16(7-8-21(22)30-15-17-4-2-5-19(24)11-17)10-18(13-25)23(27)26-14-20-6-3-9-29-20/h2,4-5,7-8,10-12,20H,3,6,9,14-15H2,1H3,(H,26,27)/b18-10+/t20-/m1/s1. The lowest BCUT2D eigenvalue weighted by atomic mass is 10.1. The molecule has 1 amide bonds. The number of hydrogen-bond acceptors (Lipinski definition) is 5. The zero-order chi connectivity index (χ0) is 21.3. The Morgan fingerprint density at radius 1 is 1.33 bits per heavy atom. The van der Waals surface area contributed by atoms with Gasteiger partial charge in [-0.05, 0) is 54.3 Å². The third-order valence-corrected chi connectivity index (χ3v) is 4.66. The van der Waals surface area contributed by atoms with Crippen molar-refractivity contribution in [3.63, 3.8) is 0 Å². The highest BCUT2D eigenvalue weighted by Crippen LogP contribution is 2.29. The Labute approximate surface area is 174 Å². The monoisotopic (exact) mass is 410 g/mol. The largest absolute Gasteiger partial charge is 0.493 e. The summed E-state index contributed by atoms with van der Waals surface area (Å²) in [4.78, 5) is 12.3. The molecule has 0 bridgehead atoms. The third kappa shape index (κ3) is 5.82. The first-order valence-electron chi connectivity index (χ1n) is 9.66. The van der Waals surface area contributed by atoms with Gasteiger partial charge < -0.3 is 19.5 Å². The predicted molar refractivity (Wildman–Crippen MR) is 109 cm³/mol. The lowest BCUT2D eigenvalue weighted by Gasteiger charge is -2.12. The van der Waals surface area contributed by atoms with Crippen molar-refractivity contribution >= 4 is 12.0 Å². The molecule has 0 saturated carbocycles. The van der Waals surface area contributed by atoms with Gasteiger partial charge in [0.2, 0.25) is 0 Å². The van der Waals surface area contributed by atoms with E-state index in [1.54, 1.807) is 30.3 Å². The number of halogens is 1. The number of nitrogens with zero attached hydrogens (tertiary/aromatic N) is 1. The number of hydrogen-bond donors (Lipinski definition) is 1. The van der Waals surface area contributed by atoms with Crippen molar-refractivity contribution in [3.05, 3.63) is 65.0 Å². The number of nitriles is 1. The van der Waals surface area contributed by atoms with Gasteiger partial charge in [-0.1, -0.05) is 18.2 Å². The highest BCUT2D eigenvalue weighted by Gasteiger charge is 2.17. The highest BCUT2D eigenvalue weighted by atomic mass is 19.1. The number of carbonyl (C=O) groups is 1. The molecule has 1 aliphatic heterocycles. The highest BCUT2D eigenvalue weighted by molar-refractivity contribution is 6.01. The van der Waals surface area contributed by atoms with E-state index in [0.29, 0.717) is 35.8 Å². The maximum absolute atomic E-state index is 13.3. The van der Waals surface area contributed by atoms with E-state index in [4.69, 9.17) is 14.2 Å². The van der Waals surface area contributed by atoms with Gasteiger partial charge in [-0.3, -0.25) is 4.79 Å². The average Bonchev–Trinajstić information content (AvgIpc) is 3.28. The minimum Gasteiger partial charge on any atom is -0.493 e. The van der Waals surface area contributed by atoms with Crippen LogP contribution in [-0.4, -0.2) is 32.3 Å². The molecule has 3 rings (SSSR count). The lowest BCUT2D eigenvalue weighted by molar-refractivity contribution is -0.117.